The summed E-state index contributed by atoms with van der Waals surface area (Å²) in [7, 11) is 1.46. The van der Waals surface area contributed by atoms with Crippen molar-refractivity contribution in [3.63, 3.8) is 0 Å². The zero-order valence-electron chi connectivity index (χ0n) is 13.6. The van der Waals surface area contributed by atoms with Gasteiger partial charge in [0.05, 0.1) is 7.11 Å². The number of benzene rings is 2. The molecule has 0 fully saturated rings. The maximum atomic E-state index is 11.9. The monoisotopic (exact) mass is 348 g/mol. The number of ether oxygens (including phenoxy) is 3. The fourth-order valence-corrected chi connectivity index (χ4v) is 2.25. The number of hydrogen-bond donors (Lipinski definition) is 0. The molecule has 0 aliphatic heterocycles. The fraction of sp³-hybridized carbons (Fsp3) is 0.222. The Morgan fingerprint density at radius 2 is 1.75 bits per heavy atom. The van der Waals surface area contributed by atoms with Crippen molar-refractivity contribution < 1.29 is 23.8 Å². The van der Waals surface area contributed by atoms with Crippen LogP contribution in [0.1, 0.15) is 22.8 Å². The Kier molecular flexibility index (Phi) is 5.82. The van der Waals surface area contributed by atoms with Crippen LogP contribution in [0.2, 0.25) is 5.02 Å². The number of halogens is 1. The van der Waals surface area contributed by atoms with E-state index in [4.69, 9.17) is 25.8 Å². The van der Waals surface area contributed by atoms with Crippen LogP contribution in [0.5, 0.6) is 17.2 Å². The number of Topliss-reactive ketones (excluding diaryl/α,β-unsaturated/α-hetero) is 1. The summed E-state index contributed by atoms with van der Waals surface area (Å²) in [6.45, 7) is 2.96. The van der Waals surface area contributed by atoms with Gasteiger partial charge < -0.3 is 14.2 Å². The van der Waals surface area contributed by atoms with E-state index in [1.165, 1.54) is 14.0 Å². The summed E-state index contributed by atoms with van der Waals surface area (Å²) < 4.78 is 15.8. The minimum Gasteiger partial charge on any atom is -0.493 e. The number of aryl methyl sites for hydroxylation is 1. The highest BCUT2D eigenvalue weighted by molar-refractivity contribution is 6.30. The summed E-state index contributed by atoms with van der Waals surface area (Å²) in [5.41, 5.74) is 1.25. The molecule has 0 unspecified atom stereocenters. The first-order valence-corrected chi connectivity index (χ1v) is 7.57. The van der Waals surface area contributed by atoms with E-state index in [1.54, 1.807) is 43.3 Å². The summed E-state index contributed by atoms with van der Waals surface area (Å²) in [6, 6.07) is 9.71. The van der Waals surface area contributed by atoms with Crippen LogP contribution in [-0.2, 0) is 4.79 Å². The predicted molar refractivity (Wildman–Crippen MR) is 90.3 cm³/mol. The van der Waals surface area contributed by atoms with Crippen molar-refractivity contribution in [2.45, 2.75) is 13.8 Å². The van der Waals surface area contributed by atoms with Crippen LogP contribution < -0.4 is 14.2 Å². The van der Waals surface area contributed by atoms with Gasteiger partial charge in [-0.2, -0.15) is 0 Å². The van der Waals surface area contributed by atoms with Gasteiger partial charge in [0.2, 0.25) is 0 Å². The predicted octanol–water partition coefficient (Wildman–Crippen LogP) is 3.84. The van der Waals surface area contributed by atoms with E-state index in [-0.39, 0.29) is 12.4 Å². The lowest BCUT2D eigenvalue weighted by molar-refractivity contribution is -0.136. The maximum Gasteiger partial charge on any atom is 0.349 e. The van der Waals surface area contributed by atoms with Crippen molar-refractivity contribution >= 4 is 23.4 Å². The number of ketones is 1. The van der Waals surface area contributed by atoms with Gasteiger partial charge in [-0.3, -0.25) is 4.79 Å². The molecule has 0 aliphatic rings. The SMILES string of the molecule is COc1cc(C(C)=O)ccc1OCC(=O)Oc1ccc(Cl)cc1C. The Morgan fingerprint density at radius 3 is 2.38 bits per heavy atom. The Morgan fingerprint density at radius 1 is 1.04 bits per heavy atom. The quantitative estimate of drug-likeness (QED) is 0.451. The van der Waals surface area contributed by atoms with Gasteiger partial charge in [0.15, 0.2) is 23.9 Å². The molecule has 0 amide bonds. The summed E-state index contributed by atoms with van der Waals surface area (Å²) >= 11 is 5.86. The summed E-state index contributed by atoms with van der Waals surface area (Å²) in [5.74, 6) is 0.507. The highest BCUT2D eigenvalue weighted by Gasteiger charge is 2.12. The number of esters is 1. The standard InChI is InChI=1S/C18H17ClO5/c1-11-8-14(19)5-7-15(11)24-18(21)10-23-16-6-4-13(12(2)20)9-17(16)22-3/h4-9H,10H2,1-3H3. The number of carbonyl (C=O) groups excluding carboxylic acids is 2. The molecule has 6 heteroatoms. The van der Waals surface area contributed by atoms with E-state index in [9.17, 15) is 9.59 Å². The Hall–Kier alpha value is -2.53. The minimum atomic E-state index is -0.557. The van der Waals surface area contributed by atoms with Crippen LogP contribution in [-0.4, -0.2) is 25.5 Å². The van der Waals surface area contributed by atoms with E-state index in [0.717, 1.165) is 5.56 Å². The molecule has 5 nitrogen and oxygen atoms in total. The molecule has 0 heterocycles. The fourth-order valence-electron chi connectivity index (χ4n) is 2.02. The lowest BCUT2D eigenvalue weighted by atomic mass is 10.1. The largest absolute Gasteiger partial charge is 0.493 e. The van der Waals surface area contributed by atoms with Crippen LogP contribution in [0.3, 0.4) is 0 Å². The molecule has 2 rings (SSSR count). The topological polar surface area (TPSA) is 61.8 Å². The molecule has 2 aromatic carbocycles. The highest BCUT2D eigenvalue weighted by atomic mass is 35.5. The van der Waals surface area contributed by atoms with Gasteiger partial charge >= 0.3 is 5.97 Å². The molecule has 0 radical (unpaired) electrons. The van der Waals surface area contributed by atoms with Crippen molar-refractivity contribution in [2.75, 3.05) is 13.7 Å². The van der Waals surface area contributed by atoms with Crippen LogP contribution in [0.25, 0.3) is 0 Å². The molecule has 0 bridgehead atoms. The molecule has 0 N–H and O–H groups in total. The van der Waals surface area contributed by atoms with Gasteiger partial charge in [-0.15, -0.1) is 0 Å². The third-order valence-corrected chi connectivity index (χ3v) is 3.51. The minimum absolute atomic E-state index is 0.0857. The van der Waals surface area contributed by atoms with Crippen molar-refractivity contribution in [2.24, 2.45) is 0 Å². The number of rotatable bonds is 6. The summed E-state index contributed by atoms with van der Waals surface area (Å²) in [5, 5.41) is 0.568. The van der Waals surface area contributed by atoms with Gasteiger partial charge in [0, 0.05) is 10.6 Å². The van der Waals surface area contributed by atoms with Crippen LogP contribution in [0.4, 0.5) is 0 Å². The number of hydrogen-bond acceptors (Lipinski definition) is 5. The van der Waals surface area contributed by atoms with Crippen molar-refractivity contribution in [3.8, 4) is 17.2 Å². The average Bonchev–Trinajstić information content (AvgIpc) is 2.55. The normalized spacial score (nSPS) is 10.2. The second-order valence-electron chi connectivity index (χ2n) is 5.09. The Labute approximate surface area is 145 Å². The molecule has 126 valence electrons. The van der Waals surface area contributed by atoms with Crippen molar-refractivity contribution in [1.82, 2.24) is 0 Å². The lowest BCUT2D eigenvalue weighted by Crippen LogP contribution is -2.18. The third-order valence-electron chi connectivity index (χ3n) is 3.28. The second-order valence-corrected chi connectivity index (χ2v) is 5.53. The van der Waals surface area contributed by atoms with Gasteiger partial charge in [-0.05, 0) is 55.8 Å². The highest BCUT2D eigenvalue weighted by Crippen LogP contribution is 2.28. The molecule has 0 atom stereocenters. The van der Waals surface area contributed by atoms with E-state index in [0.29, 0.717) is 27.8 Å². The van der Waals surface area contributed by atoms with Gasteiger partial charge in [-0.25, -0.2) is 4.79 Å². The molecule has 24 heavy (non-hydrogen) atoms. The molecule has 0 saturated carbocycles. The first-order valence-electron chi connectivity index (χ1n) is 7.19. The summed E-state index contributed by atoms with van der Waals surface area (Å²) in [4.78, 5) is 23.3. The average molecular weight is 349 g/mol. The lowest BCUT2D eigenvalue weighted by Gasteiger charge is -2.12. The molecule has 0 spiro atoms. The Balaban J connectivity index is 2.02. The van der Waals surface area contributed by atoms with E-state index < -0.39 is 5.97 Å². The van der Waals surface area contributed by atoms with Crippen LogP contribution in [0.15, 0.2) is 36.4 Å². The van der Waals surface area contributed by atoms with Crippen LogP contribution >= 0.6 is 11.6 Å². The second kappa shape index (κ2) is 7.84. The Bertz CT molecular complexity index is 770. The molecule has 2 aromatic rings. The zero-order chi connectivity index (χ0) is 17.7. The van der Waals surface area contributed by atoms with Crippen molar-refractivity contribution in [1.29, 1.82) is 0 Å². The van der Waals surface area contributed by atoms with Gasteiger partial charge in [0.1, 0.15) is 5.75 Å². The summed E-state index contributed by atoms with van der Waals surface area (Å²) in [6.07, 6.45) is 0. The van der Waals surface area contributed by atoms with Crippen LogP contribution in [0, 0.1) is 6.92 Å². The number of methoxy groups -OCH3 is 1. The zero-order valence-corrected chi connectivity index (χ0v) is 14.3. The van der Waals surface area contributed by atoms with E-state index >= 15 is 0 Å². The van der Waals surface area contributed by atoms with Crippen molar-refractivity contribution in [3.05, 3.63) is 52.5 Å². The third kappa shape index (κ3) is 4.49. The molecular formula is C18H17ClO5. The molecule has 0 aromatic heterocycles. The first-order chi connectivity index (χ1) is 11.4. The molecule has 0 saturated heterocycles. The maximum absolute atomic E-state index is 11.9. The molecule has 0 aliphatic carbocycles. The van der Waals surface area contributed by atoms with Gasteiger partial charge in [-0.1, -0.05) is 11.6 Å². The molecular weight excluding hydrogens is 332 g/mol. The smallest absolute Gasteiger partial charge is 0.349 e. The van der Waals surface area contributed by atoms with E-state index in [1.807, 2.05) is 0 Å². The van der Waals surface area contributed by atoms with Gasteiger partial charge in [0.25, 0.3) is 0 Å². The first kappa shape index (κ1) is 17.8. The number of carbonyl (C=O) groups is 2. The van der Waals surface area contributed by atoms with E-state index in [2.05, 4.69) is 0 Å².